The zero-order chi connectivity index (χ0) is 10.8. The second-order valence-corrected chi connectivity index (χ2v) is 3.56. The van der Waals surface area contributed by atoms with Gasteiger partial charge in [-0.15, -0.1) is 0 Å². The molecule has 0 fully saturated rings. The first-order valence-corrected chi connectivity index (χ1v) is 4.93. The fourth-order valence-corrected chi connectivity index (χ4v) is 1.78. The summed E-state index contributed by atoms with van der Waals surface area (Å²) < 4.78 is 4.20. The van der Waals surface area contributed by atoms with Crippen molar-refractivity contribution in [3.8, 4) is 0 Å². The van der Waals surface area contributed by atoms with Crippen molar-refractivity contribution in [3.05, 3.63) is 36.0 Å². The minimum absolute atomic E-state index is 0.362. The summed E-state index contributed by atoms with van der Waals surface area (Å²) >= 11 is 5.06. The molecule has 0 radical (unpaired) electrons. The summed E-state index contributed by atoms with van der Waals surface area (Å²) in [6.07, 6.45) is 1.81. The predicted molar refractivity (Wildman–Crippen MR) is 58.7 cm³/mol. The van der Waals surface area contributed by atoms with Gasteiger partial charge in [0.15, 0.2) is 0 Å². The summed E-state index contributed by atoms with van der Waals surface area (Å²) in [5.74, 6) is -0.805. The molecule has 0 aliphatic carbocycles. The van der Waals surface area contributed by atoms with Crippen LogP contribution in [0.1, 0.15) is 18.4 Å². The van der Waals surface area contributed by atoms with Crippen molar-refractivity contribution < 1.29 is 9.08 Å². The van der Waals surface area contributed by atoms with Crippen LogP contribution >= 0.6 is 11.9 Å². The lowest BCUT2D eigenvalue weighted by Crippen LogP contribution is -2.07. The monoisotopic (exact) mass is 223 g/mol. The quantitative estimate of drug-likeness (QED) is 0.851. The van der Waals surface area contributed by atoms with Crippen LogP contribution < -0.4 is 0 Å². The lowest BCUT2D eigenvalue weighted by atomic mass is 10.0. The number of fused-ring (bicyclic) bond motifs is 1. The van der Waals surface area contributed by atoms with Crippen molar-refractivity contribution >= 4 is 28.7 Å². The molecule has 1 N–H and O–H groups in total. The lowest BCUT2D eigenvalue weighted by Gasteiger charge is -2.05. The molecule has 0 saturated carbocycles. The molecule has 0 saturated heterocycles. The Morgan fingerprint density at radius 2 is 2.20 bits per heavy atom. The van der Waals surface area contributed by atoms with Gasteiger partial charge in [-0.3, -0.25) is 0 Å². The Hall–Kier alpha value is -1.48. The number of carbonyl (C=O) groups excluding carboxylic acids is 1. The highest BCUT2D eigenvalue weighted by atomic mass is 35.5. The number of hydrogen-bond acceptors (Lipinski definition) is 2. The molecule has 0 bridgehead atoms. The summed E-state index contributed by atoms with van der Waals surface area (Å²) in [7, 11) is 0. The fourth-order valence-electron chi connectivity index (χ4n) is 1.65. The van der Waals surface area contributed by atoms with E-state index >= 15 is 0 Å². The smallest absolute Gasteiger partial charge is 0.331 e. The zero-order valence-electron chi connectivity index (χ0n) is 8.16. The number of para-hydroxylation sites is 1. The third kappa shape index (κ3) is 1.70. The van der Waals surface area contributed by atoms with Crippen LogP contribution in [-0.2, 0) is 9.08 Å². The van der Waals surface area contributed by atoms with Gasteiger partial charge in [-0.25, -0.2) is 4.79 Å². The van der Waals surface area contributed by atoms with Crippen LogP contribution in [0, 0.1) is 0 Å². The molecule has 3 nitrogen and oxygen atoms in total. The standard InChI is InChI=1S/C11H10ClNO2/c1-7(11(14)15-12)9-6-13-10-5-3-2-4-8(9)10/h2-7,13H,1H3. The van der Waals surface area contributed by atoms with E-state index in [1.807, 2.05) is 30.5 Å². The molecule has 2 aromatic rings. The number of rotatable bonds is 2. The highest BCUT2D eigenvalue weighted by molar-refractivity contribution is 6.14. The number of aromatic amines is 1. The average Bonchev–Trinajstić information content (AvgIpc) is 2.70. The topological polar surface area (TPSA) is 42.1 Å². The van der Waals surface area contributed by atoms with Crippen LogP contribution in [0.15, 0.2) is 30.5 Å². The minimum atomic E-state index is -0.443. The molecule has 0 amide bonds. The molecule has 4 heteroatoms. The first-order chi connectivity index (χ1) is 7.24. The molecular weight excluding hydrogens is 214 g/mol. The third-order valence-corrected chi connectivity index (χ3v) is 2.67. The molecule has 0 aliphatic rings. The number of halogens is 1. The Labute approximate surface area is 92.2 Å². The maximum absolute atomic E-state index is 11.3. The number of nitrogens with one attached hydrogen (secondary N) is 1. The molecule has 2 rings (SSSR count). The van der Waals surface area contributed by atoms with E-state index in [9.17, 15) is 4.79 Å². The summed E-state index contributed by atoms with van der Waals surface area (Å²) in [6.45, 7) is 1.76. The van der Waals surface area contributed by atoms with E-state index in [-0.39, 0.29) is 5.92 Å². The maximum atomic E-state index is 11.3. The second-order valence-electron chi connectivity index (χ2n) is 3.41. The van der Waals surface area contributed by atoms with E-state index < -0.39 is 5.97 Å². The van der Waals surface area contributed by atoms with Gasteiger partial charge in [0.2, 0.25) is 0 Å². The van der Waals surface area contributed by atoms with Crippen LogP contribution in [0.2, 0.25) is 0 Å². The molecule has 1 aromatic heterocycles. The van der Waals surface area contributed by atoms with Gasteiger partial charge >= 0.3 is 5.97 Å². The Kier molecular flexibility index (Phi) is 2.64. The van der Waals surface area contributed by atoms with Crippen molar-refractivity contribution in [2.45, 2.75) is 12.8 Å². The molecule has 1 unspecified atom stereocenters. The second kappa shape index (κ2) is 3.95. The predicted octanol–water partition coefficient (Wildman–Crippen LogP) is 2.97. The fraction of sp³-hybridized carbons (Fsp3) is 0.182. The largest absolute Gasteiger partial charge is 0.361 e. The molecule has 1 aromatic carbocycles. The van der Waals surface area contributed by atoms with Gasteiger partial charge in [-0.1, -0.05) is 18.2 Å². The Morgan fingerprint density at radius 3 is 2.93 bits per heavy atom. The number of aromatic nitrogens is 1. The molecular formula is C11H10ClNO2. The third-order valence-electron chi connectivity index (χ3n) is 2.52. The maximum Gasteiger partial charge on any atom is 0.331 e. The van der Waals surface area contributed by atoms with E-state index in [1.54, 1.807) is 6.92 Å². The summed E-state index contributed by atoms with van der Waals surface area (Å²) in [5.41, 5.74) is 1.90. The van der Waals surface area contributed by atoms with Crippen LogP contribution in [-0.4, -0.2) is 11.0 Å². The van der Waals surface area contributed by atoms with Gasteiger partial charge in [0.1, 0.15) is 11.9 Å². The molecule has 0 aliphatic heterocycles. The van der Waals surface area contributed by atoms with Crippen LogP contribution in [0.4, 0.5) is 0 Å². The van der Waals surface area contributed by atoms with Crippen molar-refractivity contribution in [2.24, 2.45) is 0 Å². The summed E-state index contributed by atoms with van der Waals surface area (Å²) in [4.78, 5) is 14.4. The van der Waals surface area contributed by atoms with Gasteiger partial charge in [0.25, 0.3) is 0 Å². The van der Waals surface area contributed by atoms with Gasteiger partial charge < -0.3 is 9.27 Å². The highest BCUT2D eigenvalue weighted by Crippen LogP contribution is 2.26. The first kappa shape index (κ1) is 10.1. The van der Waals surface area contributed by atoms with Crippen molar-refractivity contribution in [3.63, 3.8) is 0 Å². The van der Waals surface area contributed by atoms with Gasteiger partial charge in [-0.2, -0.15) is 0 Å². The lowest BCUT2D eigenvalue weighted by molar-refractivity contribution is -0.135. The highest BCUT2D eigenvalue weighted by Gasteiger charge is 2.19. The van der Waals surface area contributed by atoms with E-state index in [2.05, 4.69) is 9.27 Å². The van der Waals surface area contributed by atoms with Crippen LogP contribution in [0.3, 0.4) is 0 Å². The Morgan fingerprint density at radius 1 is 1.47 bits per heavy atom. The van der Waals surface area contributed by atoms with Gasteiger partial charge in [-0.05, 0) is 18.6 Å². The van der Waals surface area contributed by atoms with E-state index in [4.69, 9.17) is 11.9 Å². The first-order valence-electron chi connectivity index (χ1n) is 4.62. The molecule has 15 heavy (non-hydrogen) atoms. The van der Waals surface area contributed by atoms with Crippen LogP contribution in [0.25, 0.3) is 10.9 Å². The van der Waals surface area contributed by atoms with Crippen molar-refractivity contribution in [2.75, 3.05) is 0 Å². The average molecular weight is 224 g/mol. The molecule has 1 atom stereocenters. The molecule has 1 heterocycles. The molecule has 0 spiro atoms. The number of carbonyl (C=O) groups is 1. The van der Waals surface area contributed by atoms with Gasteiger partial charge in [0.05, 0.1) is 5.92 Å². The minimum Gasteiger partial charge on any atom is -0.361 e. The number of hydrogen-bond donors (Lipinski definition) is 1. The van der Waals surface area contributed by atoms with Crippen LogP contribution in [0.5, 0.6) is 0 Å². The van der Waals surface area contributed by atoms with Gasteiger partial charge in [0, 0.05) is 17.1 Å². The number of benzene rings is 1. The Balaban J connectivity index is 2.48. The van der Waals surface area contributed by atoms with E-state index in [0.29, 0.717) is 0 Å². The van der Waals surface area contributed by atoms with Crippen molar-refractivity contribution in [1.82, 2.24) is 4.98 Å². The van der Waals surface area contributed by atoms with E-state index in [0.717, 1.165) is 16.5 Å². The van der Waals surface area contributed by atoms with E-state index in [1.165, 1.54) is 0 Å². The SMILES string of the molecule is CC(C(=O)OCl)c1c[nH]c2ccccc12. The zero-order valence-corrected chi connectivity index (χ0v) is 8.91. The number of H-pyrrole nitrogens is 1. The summed E-state index contributed by atoms with van der Waals surface area (Å²) in [5, 5.41) is 1.02. The normalized spacial score (nSPS) is 12.7. The Bertz CT molecular complexity index is 492. The van der Waals surface area contributed by atoms with Crippen molar-refractivity contribution in [1.29, 1.82) is 0 Å². The molecule has 78 valence electrons. The summed E-state index contributed by atoms with van der Waals surface area (Å²) in [6, 6.07) is 7.78.